The Hall–Kier alpha value is -1.84. The van der Waals surface area contributed by atoms with Crippen molar-refractivity contribution in [2.24, 2.45) is 0 Å². The zero-order valence-electron chi connectivity index (χ0n) is 14.5. The molecule has 1 rings (SSSR count). The first kappa shape index (κ1) is 19.2. The number of nitrogens with one attached hydrogen (secondary N) is 2. The van der Waals surface area contributed by atoms with Gasteiger partial charge in [-0.2, -0.15) is 0 Å². The van der Waals surface area contributed by atoms with Crippen LogP contribution >= 0.6 is 0 Å². The molecule has 0 aliphatic rings. The number of benzene rings is 1. The summed E-state index contributed by atoms with van der Waals surface area (Å²) in [7, 11) is 0. The second-order valence-corrected chi connectivity index (χ2v) is 6.07. The Kier molecular flexibility index (Phi) is 9.76. The van der Waals surface area contributed by atoms with Crippen molar-refractivity contribution >= 4 is 17.5 Å². The summed E-state index contributed by atoms with van der Waals surface area (Å²) in [5, 5.41) is 5.46. The number of aryl methyl sites for hydroxylation is 1. The molecule has 0 spiro atoms. The van der Waals surface area contributed by atoms with E-state index in [2.05, 4.69) is 17.6 Å². The Labute approximate surface area is 140 Å². The monoisotopic (exact) mass is 318 g/mol. The predicted octanol–water partition coefficient (Wildman–Crippen LogP) is 4.19. The standard InChI is InChI=1S/C19H30N2O2/c1-3-4-5-6-7-8-9-13-18(22)20-15-19(23)21-17-12-10-11-16(2)14-17/h10-12,14H,3-9,13,15H2,1-2H3,(H,20,22)(H,21,23). The van der Waals surface area contributed by atoms with E-state index in [4.69, 9.17) is 0 Å². The average molecular weight is 318 g/mol. The molecule has 0 radical (unpaired) electrons. The smallest absolute Gasteiger partial charge is 0.243 e. The highest BCUT2D eigenvalue weighted by Crippen LogP contribution is 2.09. The van der Waals surface area contributed by atoms with E-state index in [1.807, 2.05) is 31.2 Å². The molecule has 1 aromatic rings. The SMILES string of the molecule is CCCCCCCCCC(=O)NCC(=O)Nc1cccc(C)c1. The summed E-state index contributed by atoms with van der Waals surface area (Å²) in [6, 6.07) is 7.60. The van der Waals surface area contributed by atoms with E-state index < -0.39 is 0 Å². The van der Waals surface area contributed by atoms with Gasteiger partial charge in [-0.15, -0.1) is 0 Å². The molecule has 0 unspecified atom stereocenters. The fourth-order valence-electron chi connectivity index (χ4n) is 2.44. The molecule has 4 nitrogen and oxygen atoms in total. The minimum absolute atomic E-state index is 0.0310. The van der Waals surface area contributed by atoms with Crippen molar-refractivity contribution in [2.75, 3.05) is 11.9 Å². The summed E-state index contributed by atoms with van der Waals surface area (Å²) in [5.74, 6) is -0.235. The van der Waals surface area contributed by atoms with Gasteiger partial charge >= 0.3 is 0 Å². The van der Waals surface area contributed by atoms with E-state index >= 15 is 0 Å². The van der Waals surface area contributed by atoms with E-state index in [0.717, 1.165) is 24.1 Å². The fraction of sp³-hybridized carbons (Fsp3) is 0.579. The second kappa shape index (κ2) is 11.7. The van der Waals surface area contributed by atoms with Crippen molar-refractivity contribution in [3.05, 3.63) is 29.8 Å². The maximum absolute atomic E-state index is 11.8. The summed E-state index contributed by atoms with van der Waals surface area (Å²) in [4.78, 5) is 23.5. The number of anilines is 1. The van der Waals surface area contributed by atoms with Crippen LogP contribution in [0.1, 0.15) is 63.9 Å². The third-order valence-electron chi connectivity index (χ3n) is 3.76. The van der Waals surface area contributed by atoms with Gasteiger partial charge in [-0.3, -0.25) is 9.59 Å². The van der Waals surface area contributed by atoms with E-state index in [9.17, 15) is 9.59 Å². The summed E-state index contributed by atoms with van der Waals surface area (Å²) in [5.41, 5.74) is 1.85. The molecule has 2 amide bonds. The van der Waals surface area contributed by atoms with Crippen LogP contribution in [-0.4, -0.2) is 18.4 Å². The first-order valence-corrected chi connectivity index (χ1v) is 8.75. The van der Waals surface area contributed by atoms with E-state index in [-0.39, 0.29) is 18.4 Å². The molecule has 1 aromatic carbocycles. The minimum Gasteiger partial charge on any atom is -0.347 e. The molecule has 0 saturated heterocycles. The van der Waals surface area contributed by atoms with Crippen LogP contribution in [0.25, 0.3) is 0 Å². The molecule has 0 fully saturated rings. The average Bonchev–Trinajstić information content (AvgIpc) is 2.52. The molecule has 2 N–H and O–H groups in total. The summed E-state index contributed by atoms with van der Waals surface area (Å²) >= 11 is 0. The molecule has 0 saturated carbocycles. The van der Waals surface area contributed by atoms with Crippen molar-refractivity contribution in [3.8, 4) is 0 Å². The van der Waals surface area contributed by atoms with Crippen molar-refractivity contribution in [3.63, 3.8) is 0 Å². The van der Waals surface area contributed by atoms with E-state index in [0.29, 0.717) is 6.42 Å². The van der Waals surface area contributed by atoms with E-state index in [1.165, 1.54) is 32.1 Å². The van der Waals surface area contributed by atoms with Crippen LogP contribution in [0.5, 0.6) is 0 Å². The van der Waals surface area contributed by atoms with Gasteiger partial charge in [0.05, 0.1) is 6.54 Å². The molecule has 128 valence electrons. The van der Waals surface area contributed by atoms with E-state index in [1.54, 1.807) is 0 Å². The first-order chi connectivity index (χ1) is 11.1. The predicted molar refractivity (Wildman–Crippen MR) is 95.4 cm³/mol. The number of unbranched alkanes of at least 4 members (excludes halogenated alkanes) is 6. The Balaban J connectivity index is 2.07. The zero-order chi connectivity index (χ0) is 16.9. The molecule has 0 heterocycles. The third kappa shape index (κ3) is 9.72. The molecule has 4 heteroatoms. The molecule has 0 bridgehead atoms. The van der Waals surface area contributed by atoms with Crippen LogP contribution in [0.2, 0.25) is 0 Å². The minimum atomic E-state index is -0.191. The van der Waals surface area contributed by atoms with Crippen molar-refractivity contribution < 1.29 is 9.59 Å². The first-order valence-electron chi connectivity index (χ1n) is 8.75. The molecular weight excluding hydrogens is 288 g/mol. The Morgan fingerprint density at radius 3 is 2.35 bits per heavy atom. The number of hydrogen-bond acceptors (Lipinski definition) is 2. The maximum Gasteiger partial charge on any atom is 0.243 e. The van der Waals surface area contributed by atoms with Crippen LogP contribution in [0, 0.1) is 6.92 Å². The fourth-order valence-corrected chi connectivity index (χ4v) is 2.44. The maximum atomic E-state index is 11.8. The van der Waals surface area contributed by atoms with Gasteiger partial charge in [0.25, 0.3) is 0 Å². The third-order valence-corrected chi connectivity index (χ3v) is 3.76. The highest BCUT2D eigenvalue weighted by Gasteiger charge is 2.06. The van der Waals surface area contributed by atoms with Gasteiger partial charge in [-0.05, 0) is 31.0 Å². The molecule has 0 atom stereocenters. The van der Waals surface area contributed by atoms with Gasteiger partial charge < -0.3 is 10.6 Å². The number of hydrogen-bond donors (Lipinski definition) is 2. The topological polar surface area (TPSA) is 58.2 Å². The number of carbonyl (C=O) groups excluding carboxylic acids is 2. The number of carbonyl (C=O) groups is 2. The van der Waals surface area contributed by atoms with Gasteiger partial charge in [-0.1, -0.05) is 57.6 Å². The van der Waals surface area contributed by atoms with Crippen LogP contribution in [0.4, 0.5) is 5.69 Å². The van der Waals surface area contributed by atoms with Crippen molar-refractivity contribution in [2.45, 2.75) is 65.2 Å². The van der Waals surface area contributed by atoms with Gasteiger partial charge in [0, 0.05) is 12.1 Å². The lowest BCUT2D eigenvalue weighted by molar-refractivity contribution is -0.124. The van der Waals surface area contributed by atoms with Gasteiger partial charge in [0.1, 0.15) is 0 Å². The lowest BCUT2D eigenvalue weighted by Gasteiger charge is -2.07. The lowest BCUT2D eigenvalue weighted by Crippen LogP contribution is -2.32. The Morgan fingerprint density at radius 2 is 1.65 bits per heavy atom. The normalized spacial score (nSPS) is 10.3. The summed E-state index contributed by atoms with van der Waals surface area (Å²) in [6.07, 6.45) is 8.80. The molecule has 0 aromatic heterocycles. The van der Waals surface area contributed by atoms with Crippen LogP contribution in [-0.2, 0) is 9.59 Å². The highest BCUT2D eigenvalue weighted by atomic mass is 16.2. The molecule has 0 aliphatic heterocycles. The van der Waals surface area contributed by atoms with Crippen LogP contribution < -0.4 is 10.6 Å². The molecule has 0 aliphatic carbocycles. The zero-order valence-corrected chi connectivity index (χ0v) is 14.5. The van der Waals surface area contributed by atoms with Crippen LogP contribution in [0.15, 0.2) is 24.3 Å². The second-order valence-electron chi connectivity index (χ2n) is 6.07. The highest BCUT2D eigenvalue weighted by molar-refractivity contribution is 5.94. The Morgan fingerprint density at radius 1 is 0.957 bits per heavy atom. The van der Waals surface area contributed by atoms with Gasteiger partial charge in [0.2, 0.25) is 11.8 Å². The number of rotatable bonds is 11. The molecular formula is C19H30N2O2. The summed E-state index contributed by atoms with van der Waals surface area (Å²) < 4.78 is 0. The largest absolute Gasteiger partial charge is 0.347 e. The van der Waals surface area contributed by atoms with Crippen LogP contribution in [0.3, 0.4) is 0 Å². The van der Waals surface area contributed by atoms with Gasteiger partial charge in [-0.25, -0.2) is 0 Å². The van der Waals surface area contributed by atoms with Crippen molar-refractivity contribution in [1.82, 2.24) is 5.32 Å². The quantitative estimate of drug-likeness (QED) is 0.601. The molecule has 23 heavy (non-hydrogen) atoms. The summed E-state index contributed by atoms with van der Waals surface area (Å²) in [6.45, 7) is 4.21. The lowest BCUT2D eigenvalue weighted by atomic mass is 10.1. The van der Waals surface area contributed by atoms with Gasteiger partial charge in [0.15, 0.2) is 0 Å². The van der Waals surface area contributed by atoms with Crippen molar-refractivity contribution in [1.29, 1.82) is 0 Å². The Bertz CT molecular complexity index is 486. The number of amides is 2.